The summed E-state index contributed by atoms with van der Waals surface area (Å²) in [5.41, 5.74) is 6.32. The van der Waals surface area contributed by atoms with Crippen LogP contribution >= 0.6 is 0 Å². The SMILES string of the molecule is CCN(CC)c1ccc(C=C2C(=O)N(c3cc(C(=O)O)cc(C(=O)O)c3)NC2C)c(C)c1. The highest BCUT2D eigenvalue weighted by molar-refractivity contribution is 6.12. The maximum atomic E-state index is 13.2. The standard InChI is InChI=1S/C24H27N3O5/c1-5-26(6-2)19-8-7-16(14(3)9-19)13-21-15(4)25-27(22(21)28)20-11-17(23(29)30)10-18(12-20)24(31)32/h7-13,15,25H,5-6H2,1-4H3,(H,29,30)(H,31,32). The van der Waals surface area contributed by atoms with Gasteiger partial charge in [-0.1, -0.05) is 6.07 Å². The first kappa shape index (κ1) is 23.0. The maximum Gasteiger partial charge on any atom is 0.335 e. The zero-order valence-corrected chi connectivity index (χ0v) is 18.5. The highest BCUT2D eigenvalue weighted by Crippen LogP contribution is 2.28. The number of anilines is 2. The zero-order chi connectivity index (χ0) is 23.6. The second kappa shape index (κ2) is 9.23. The molecule has 0 saturated carbocycles. The van der Waals surface area contributed by atoms with Crippen molar-refractivity contribution in [3.8, 4) is 0 Å². The third-order valence-corrected chi connectivity index (χ3v) is 5.60. The van der Waals surface area contributed by atoms with Crippen LogP contribution in [0.4, 0.5) is 11.4 Å². The second-order valence-corrected chi connectivity index (χ2v) is 7.68. The average Bonchev–Trinajstić information content (AvgIpc) is 3.04. The fraction of sp³-hybridized carbons (Fsp3) is 0.292. The largest absolute Gasteiger partial charge is 0.478 e. The maximum absolute atomic E-state index is 13.2. The molecule has 1 atom stereocenters. The minimum atomic E-state index is -1.27. The van der Waals surface area contributed by atoms with Gasteiger partial charge < -0.3 is 15.1 Å². The first-order chi connectivity index (χ1) is 15.2. The van der Waals surface area contributed by atoms with Gasteiger partial charge in [-0.2, -0.15) is 0 Å². The highest BCUT2D eigenvalue weighted by Gasteiger charge is 2.34. The average molecular weight is 437 g/mol. The number of amides is 1. The van der Waals surface area contributed by atoms with Crippen LogP contribution in [0.2, 0.25) is 0 Å². The molecule has 2 aromatic rings. The number of benzene rings is 2. The summed E-state index contributed by atoms with van der Waals surface area (Å²) in [7, 11) is 0. The van der Waals surface area contributed by atoms with Gasteiger partial charge in [0.2, 0.25) is 0 Å². The molecule has 1 fully saturated rings. The minimum absolute atomic E-state index is 0.163. The Bertz CT molecular complexity index is 1070. The molecule has 1 heterocycles. The van der Waals surface area contributed by atoms with Crippen molar-refractivity contribution in [2.24, 2.45) is 0 Å². The molecule has 3 N–H and O–H groups in total. The number of carbonyl (C=O) groups excluding carboxylic acids is 1. The molecule has 1 saturated heterocycles. The van der Waals surface area contributed by atoms with E-state index < -0.39 is 11.9 Å². The van der Waals surface area contributed by atoms with E-state index in [1.165, 1.54) is 17.1 Å². The van der Waals surface area contributed by atoms with Crippen LogP contribution in [0.3, 0.4) is 0 Å². The lowest BCUT2D eigenvalue weighted by molar-refractivity contribution is -0.114. The van der Waals surface area contributed by atoms with E-state index in [1.54, 1.807) is 0 Å². The molecule has 0 aromatic heterocycles. The molecule has 1 aliphatic rings. The predicted octanol–water partition coefficient (Wildman–Crippen LogP) is 3.56. The molecule has 8 heteroatoms. The number of carboxylic acids is 2. The Labute approximate surface area is 186 Å². The fourth-order valence-corrected chi connectivity index (χ4v) is 3.78. The van der Waals surface area contributed by atoms with Gasteiger partial charge in [0.25, 0.3) is 5.91 Å². The van der Waals surface area contributed by atoms with Crippen LogP contribution in [0.1, 0.15) is 52.6 Å². The lowest BCUT2D eigenvalue weighted by Crippen LogP contribution is -2.36. The van der Waals surface area contributed by atoms with Gasteiger partial charge in [0.1, 0.15) is 0 Å². The van der Waals surface area contributed by atoms with Gasteiger partial charge in [0.05, 0.1) is 22.9 Å². The summed E-state index contributed by atoms with van der Waals surface area (Å²) in [4.78, 5) is 38.2. The molecule has 168 valence electrons. The number of nitrogens with one attached hydrogen (secondary N) is 1. The third kappa shape index (κ3) is 4.50. The Balaban J connectivity index is 1.96. The summed E-state index contributed by atoms with van der Waals surface area (Å²) in [5.74, 6) is -2.90. The van der Waals surface area contributed by atoms with Crippen molar-refractivity contribution in [3.63, 3.8) is 0 Å². The van der Waals surface area contributed by atoms with Crippen LogP contribution in [0.5, 0.6) is 0 Å². The number of aryl methyl sites for hydroxylation is 1. The molecule has 2 aromatic carbocycles. The van der Waals surface area contributed by atoms with Gasteiger partial charge >= 0.3 is 11.9 Å². The Morgan fingerprint density at radius 2 is 1.66 bits per heavy atom. The van der Waals surface area contributed by atoms with Crippen molar-refractivity contribution in [1.82, 2.24) is 5.43 Å². The number of aromatic carboxylic acids is 2. The van der Waals surface area contributed by atoms with Crippen molar-refractivity contribution in [2.75, 3.05) is 23.0 Å². The van der Waals surface area contributed by atoms with Crippen molar-refractivity contribution >= 4 is 35.3 Å². The normalized spacial score (nSPS) is 17.1. The summed E-state index contributed by atoms with van der Waals surface area (Å²) in [6.07, 6.45) is 1.82. The molecule has 1 unspecified atom stereocenters. The molecule has 32 heavy (non-hydrogen) atoms. The van der Waals surface area contributed by atoms with E-state index in [0.717, 1.165) is 36.0 Å². The molecule has 1 aliphatic heterocycles. The van der Waals surface area contributed by atoms with Crippen LogP contribution in [-0.2, 0) is 4.79 Å². The summed E-state index contributed by atoms with van der Waals surface area (Å²) >= 11 is 0. The van der Waals surface area contributed by atoms with Gasteiger partial charge in [-0.25, -0.2) is 20.0 Å². The van der Waals surface area contributed by atoms with E-state index in [1.807, 2.05) is 32.1 Å². The topological polar surface area (TPSA) is 110 Å². The molecular formula is C24H27N3O5. The van der Waals surface area contributed by atoms with E-state index in [4.69, 9.17) is 0 Å². The van der Waals surface area contributed by atoms with E-state index >= 15 is 0 Å². The summed E-state index contributed by atoms with van der Waals surface area (Å²) < 4.78 is 0. The fourth-order valence-electron chi connectivity index (χ4n) is 3.78. The van der Waals surface area contributed by atoms with Gasteiger partial charge in [-0.15, -0.1) is 0 Å². The molecule has 0 spiro atoms. The molecule has 0 bridgehead atoms. The Kier molecular flexibility index (Phi) is 6.64. The van der Waals surface area contributed by atoms with Crippen LogP contribution in [-0.4, -0.2) is 47.2 Å². The molecule has 8 nitrogen and oxygen atoms in total. The number of carboxylic acid groups (broad SMARTS) is 2. The molecular weight excluding hydrogens is 410 g/mol. The van der Waals surface area contributed by atoms with E-state index in [-0.39, 0.29) is 28.8 Å². The smallest absolute Gasteiger partial charge is 0.335 e. The van der Waals surface area contributed by atoms with Crippen molar-refractivity contribution in [3.05, 3.63) is 64.2 Å². The molecule has 0 aliphatic carbocycles. The monoisotopic (exact) mass is 437 g/mol. The second-order valence-electron chi connectivity index (χ2n) is 7.68. The first-order valence-corrected chi connectivity index (χ1v) is 10.5. The van der Waals surface area contributed by atoms with E-state index in [0.29, 0.717) is 5.57 Å². The van der Waals surface area contributed by atoms with Gasteiger partial charge in [0, 0.05) is 24.4 Å². The Hall–Kier alpha value is -3.65. The number of carbonyl (C=O) groups is 3. The number of hydrogen-bond donors (Lipinski definition) is 3. The lowest BCUT2D eigenvalue weighted by atomic mass is 10.0. The van der Waals surface area contributed by atoms with Gasteiger partial charge in [0.15, 0.2) is 0 Å². The van der Waals surface area contributed by atoms with Crippen LogP contribution in [0.15, 0.2) is 42.0 Å². The Morgan fingerprint density at radius 1 is 1.06 bits per heavy atom. The van der Waals surface area contributed by atoms with Gasteiger partial charge in [-0.05, 0) is 75.2 Å². The summed E-state index contributed by atoms with van der Waals surface area (Å²) in [6.45, 7) is 9.82. The van der Waals surface area contributed by atoms with Gasteiger partial charge in [-0.3, -0.25) is 4.79 Å². The van der Waals surface area contributed by atoms with Crippen LogP contribution in [0, 0.1) is 6.92 Å². The van der Waals surface area contributed by atoms with Crippen LogP contribution in [0.25, 0.3) is 6.08 Å². The highest BCUT2D eigenvalue weighted by atomic mass is 16.4. The van der Waals surface area contributed by atoms with Crippen molar-refractivity contribution in [1.29, 1.82) is 0 Å². The predicted molar refractivity (Wildman–Crippen MR) is 123 cm³/mol. The third-order valence-electron chi connectivity index (χ3n) is 5.60. The quantitative estimate of drug-likeness (QED) is 0.568. The van der Waals surface area contributed by atoms with E-state index in [9.17, 15) is 24.6 Å². The molecule has 3 rings (SSSR count). The molecule has 0 radical (unpaired) electrons. The van der Waals surface area contributed by atoms with Crippen molar-refractivity contribution in [2.45, 2.75) is 33.7 Å². The number of hydrazine groups is 1. The van der Waals surface area contributed by atoms with Crippen LogP contribution < -0.4 is 15.3 Å². The number of hydrogen-bond acceptors (Lipinski definition) is 5. The lowest BCUT2D eigenvalue weighted by Gasteiger charge is -2.22. The van der Waals surface area contributed by atoms with E-state index in [2.05, 4.69) is 30.2 Å². The zero-order valence-electron chi connectivity index (χ0n) is 18.5. The number of nitrogens with zero attached hydrogens (tertiary/aromatic N) is 2. The summed E-state index contributed by atoms with van der Waals surface area (Å²) in [6, 6.07) is 9.37. The first-order valence-electron chi connectivity index (χ1n) is 10.5. The summed E-state index contributed by atoms with van der Waals surface area (Å²) in [5, 5.41) is 19.8. The molecule has 1 amide bonds. The Morgan fingerprint density at radius 3 is 2.16 bits per heavy atom. The minimum Gasteiger partial charge on any atom is -0.478 e. The van der Waals surface area contributed by atoms with Crippen molar-refractivity contribution < 1.29 is 24.6 Å². The number of rotatable bonds is 7.